The van der Waals surface area contributed by atoms with Crippen molar-refractivity contribution in [2.75, 3.05) is 0 Å². The van der Waals surface area contributed by atoms with Gasteiger partial charge in [0.15, 0.2) is 0 Å². The highest BCUT2D eigenvalue weighted by Gasteiger charge is 2.27. The fraction of sp³-hybridized carbons (Fsp3) is 0.167. The van der Waals surface area contributed by atoms with Gasteiger partial charge in [-0.2, -0.15) is 5.26 Å². The number of nitrogens with one attached hydrogen (secondary N) is 1. The summed E-state index contributed by atoms with van der Waals surface area (Å²) in [5.41, 5.74) is 10.5. The maximum absolute atomic E-state index is 9.61. The highest BCUT2D eigenvalue weighted by Crippen LogP contribution is 2.40. The zero-order valence-corrected chi connectivity index (χ0v) is 31.4. The lowest BCUT2D eigenvalue weighted by molar-refractivity contribution is 0.341. The molecule has 0 amide bonds. The number of allylic oxidation sites excluding steroid dienone is 9. The Bertz CT molecular complexity index is 2670. The van der Waals surface area contributed by atoms with Crippen LogP contribution in [-0.4, -0.2) is 5.71 Å². The fourth-order valence-electron chi connectivity index (χ4n) is 7.99. The van der Waals surface area contributed by atoms with Crippen LogP contribution in [0.25, 0.3) is 58.6 Å². The van der Waals surface area contributed by atoms with Crippen molar-refractivity contribution in [3.63, 3.8) is 0 Å². The van der Waals surface area contributed by atoms with Crippen molar-refractivity contribution in [3.8, 4) is 28.3 Å². The monoisotopic (exact) mass is 721 g/mol. The van der Waals surface area contributed by atoms with Crippen LogP contribution in [0.5, 0.6) is 0 Å². The molecular weight excluding hydrogens is 683 g/mol. The molecule has 2 aromatic heterocycles. The molecule has 258 valence electrons. The molecule has 1 aliphatic heterocycles. The lowest BCUT2D eigenvalue weighted by Gasteiger charge is -2.30. The van der Waals surface area contributed by atoms with Gasteiger partial charge in [-0.1, -0.05) is 73.4 Å². The lowest BCUT2D eigenvalue weighted by atomic mass is 9.80. The van der Waals surface area contributed by atoms with Crippen LogP contribution in [0, 0.1) is 30.1 Å². The van der Waals surface area contributed by atoms with Crippen molar-refractivity contribution in [1.29, 1.82) is 5.26 Å². The Morgan fingerprint density at radius 3 is 2.25 bits per heavy atom. The number of thiophene rings is 2. The zero-order chi connectivity index (χ0) is 35.9. The smallest absolute Gasteiger partial charge is 0.134 e. The van der Waals surface area contributed by atoms with Gasteiger partial charge in [-0.25, -0.2) is 4.99 Å². The third-order valence-electron chi connectivity index (χ3n) is 11.0. The van der Waals surface area contributed by atoms with Crippen molar-refractivity contribution in [3.05, 3.63) is 161 Å². The van der Waals surface area contributed by atoms with E-state index in [1.165, 1.54) is 74.2 Å². The van der Waals surface area contributed by atoms with E-state index < -0.39 is 0 Å². The molecule has 1 fully saturated rings. The Kier molecular flexibility index (Phi) is 8.87. The summed E-state index contributed by atoms with van der Waals surface area (Å²) in [5.74, 6) is 1.45. The molecule has 3 nitrogen and oxygen atoms in total. The van der Waals surface area contributed by atoms with E-state index in [1.807, 2.05) is 34.8 Å². The second-order valence-corrected chi connectivity index (χ2v) is 16.4. The summed E-state index contributed by atoms with van der Waals surface area (Å²) in [6, 6.07) is 32.1. The molecule has 3 aliphatic rings. The van der Waals surface area contributed by atoms with Crippen LogP contribution in [-0.2, 0) is 0 Å². The fourth-order valence-corrected chi connectivity index (χ4v) is 10.2. The molecule has 0 saturated heterocycles. The molecule has 1 N–H and O–H groups in total. The minimum atomic E-state index is 0.156. The van der Waals surface area contributed by atoms with E-state index in [4.69, 9.17) is 4.99 Å². The predicted molar refractivity (Wildman–Crippen MR) is 228 cm³/mol. The van der Waals surface area contributed by atoms with E-state index in [0.29, 0.717) is 5.92 Å². The van der Waals surface area contributed by atoms with Gasteiger partial charge in [0.1, 0.15) is 5.82 Å². The molecule has 0 radical (unpaired) electrons. The Labute approximate surface area is 319 Å². The van der Waals surface area contributed by atoms with Crippen molar-refractivity contribution in [2.24, 2.45) is 16.8 Å². The SMILES string of the molecule is C=C/C=C\c1sc2ccc(-c3cc(C4=N/C(=C5\C=CC=CC5)NC(C5CCC(C#N)CC5)=C4)cc(-c4ccc5sc6ccccc6c5c4)c3)cc2c1C. The molecule has 5 heteroatoms. The molecule has 53 heavy (non-hydrogen) atoms. The van der Waals surface area contributed by atoms with Crippen LogP contribution in [0.3, 0.4) is 0 Å². The van der Waals surface area contributed by atoms with Crippen molar-refractivity contribution in [2.45, 2.75) is 39.0 Å². The van der Waals surface area contributed by atoms with Gasteiger partial charge in [-0.05, 0) is 144 Å². The number of hydrogen-bond donors (Lipinski definition) is 1. The summed E-state index contributed by atoms with van der Waals surface area (Å²) in [6.45, 7) is 6.09. The number of rotatable bonds is 6. The summed E-state index contributed by atoms with van der Waals surface area (Å²) in [6.07, 6.45) is 21.6. The van der Waals surface area contributed by atoms with Crippen LogP contribution >= 0.6 is 22.7 Å². The quantitative estimate of drug-likeness (QED) is 0.174. The number of nitriles is 1. The Balaban J connectivity index is 1.22. The molecule has 4 aromatic carbocycles. The van der Waals surface area contributed by atoms with E-state index in [9.17, 15) is 5.26 Å². The van der Waals surface area contributed by atoms with Crippen molar-refractivity contribution < 1.29 is 0 Å². The standard InChI is InChI=1S/C48H39N3S2/c1-3-4-13-44-30(2)40-26-34(19-21-46(40)52-44)36-23-37(35-20-22-47-41(27-35)39-12-8-9-14-45(39)53-47)25-38(24-36)43-28-42(32-17-15-31(29-49)16-18-32)50-48(51-43)33-10-6-5-7-11-33/h3-10,12-14,19-28,31-32,50H,1,11,15-18H2,2H3/b13-4-,48-33+. The van der Waals surface area contributed by atoms with Crippen LogP contribution in [0.4, 0.5) is 0 Å². The molecule has 0 spiro atoms. The number of benzene rings is 4. The normalized spacial score (nSPS) is 20.2. The van der Waals surface area contributed by atoms with Crippen LogP contribution in [0.15, 0.2) is 150 Å². The average molecular weight is 722 g/mol. The second-order valence-electron chi connectivity index (χ2n) is 14.3. The molecule has 9 rings (SSSR count). The molecule has 0 unspecified atom stereocenters. The van der Waals surface area contributed by atoms with Crippen LogP contribution < -0.4 is 5.32 Å². The van der Waals surface area contributed by atoms with E-state index in [0.717, 1.165) is 49.2 Å². The van der Waals surface area contributed by atoms with Crippen LogP contribution in [0.2, 0.25) is 0 Å². The van der Waals surface area contributed by atoms with Gasteiger partial charge in [-0.3, -0.25) is 0 Å². The Morgan fingerprint density at radius 2 is 1.51 bits per heavy atom. The van der Waals surface area contributed by atoms with Crippen molar-refractivity contribution >= 4 is 64.7 Å². The first-order chi connectivity index (χ1) is 26.0. The van der Waals surface area contributed by atoms with Crippen LogP contribution in [0.1, 0.15) is 48.1 Å². The first kappa shape index (κ1) is 33.3. The maximum atomic E-state index is 9.61. The molecule has 2 aliphatic carbocycles. The van der Waals surface area contributed by atoms with E-state index in [1.54, 1.807) is 0 Å². The number of hydrogen-bond acceptors (Lipinski definition) is 5. The minimum absolute atomic E-state index is 0.156. The minimum Gasteiger partial charge on any atom is -0.343 e. The zero-order valence-electron chi connectivity index (χ0n) is 29.7. The number of aryl methyl sites for hydroxylation is 1. The third kappa shape index (κ3) is 6.44. The Hall–Kier alpha value is -5.54. The highest BCUT2D eigenvalue weighted by molar-refractivity contribution is 7.25. The molecule has 1 saturated carbocycles. The summed E-state index contributed by atoms with van der Waals surface area (Å²) in [5, 5.41) is 17.3. The maximum Gasteiger partial charge on any atom is 0.134 e. The topological polar surface area (TPSA) is 48.2 Å². The number of aliphatic imine (C=N–C) groups is 1. The first-order valence-corrected chi connectivity index (χ1v) is 20.1. The van der Waals surface area contributed by atoms with Crippen molar-refractivity contribution in [1.82, 2.24) is 5.32 Å². The molecule has 0 atom stereocenters. The van der Waals surface area contributed by atoms with Gasteiger partial charge < -0.3 is 5.32 Å². The first-order valence-electron chi connectivity index (χ1n) is 18.5. The van der Waals surface area contributed by atoms with Gasteiger partial charge in [0.05, 0.1) is 11.8 Å². The van der Waals surface area contributed by atoms with E-state index in [-0.39, 0.29) is 5.92 Å². The van der Waals surface area contributed by atoms with Gasteiger partial charge in [-0.15, -0.1) is 22.7 Å². The summed E-state index contributed by atoms with van der Waals surface area (Å²) < 4.78 is 3.90. The highest BCUT2D eigenvalue weighted by atomic mass is 32.1. The molecular formula is C48H39N3S2. The van der Waals surface area contributed by atoms with Gasteiger partial charge in [0, 0.05) is 46.9 Å². The average Bonchev–Trinajstić information content (AvgIpc) is 3.75. The number of nitrogens with zero attached hydrogens (tertiary/aromatic N) is 2. The number of fused-ring (bicyclic) bond motifs is 4. The van der Waals surface area contributed by atoms with E-state index >= 15 is 0 Å². The van der Waals surface area contributed by atoms with Gasteiger partial charge in [0.25, 0.3) is 0 Å². The predicted octanol–water partition coefficient (Wildman–Crippen LogP) is 13.4. The second kappa shape index (κ2) is 14.1. The van der Waals surface area contributed by atoms with E-state index in [2.05, 4.69) is 140 Å². The summed E-state index contributed by atoms with van der Waals surface area (Å²) in [7, 11) is 0. The summed E-state index contributed by atoms with van der Waals surface area (Å²) in [4.78, 5) is 6.62. The molecule has 3 heterocycles. The molecule has 0 bridgehead atoms. The third-order valence-corrected chi connectivity index (χ3v) is 13.3. The van der Waals surface area contributed by atoms with Gasteiger partial charge in [0.2, 0.25) is 0 Å². The lowest BCUT2D eigenvalue weighted by Crippen LogP contribution is -2.28. The largest absolute Gasteiger partial charge is 0.343 e. The molecule has 6 aromatic rings. The Morgan fingerprint density at radius 1 is 0.792 bits per heavy atom. The van der Waals surface area contributed by atoms with Gasteiger partial charge >= 0.3 is 0 Å². The summed E-state index contributed by atoms with van der Waals surface area (Å²) >= 11 is 3.68.